The van der Waals surface area contributed by atoms with Gasteiger partial charge in [0.15, 0.2) is 0 Å². The molecular weight excluding hydrogens is 1380 g/mol. The molecule has 0 bridgehead atoms. The fourth-order valence-corrected chi connectivity index (χ4v) is 15.1. The van der Waals surface area contributed by atoms with Gasteiger partial charge in [-0.25, -0.2) is 0 Å². The number of ether oxygens (including phenoxy) is 2. The van der Waals surface area contributed by atoms with Crippen LogP contribution in [0.25, 0.3) is 33.4 Å². The van der Waals surface area contributed by atoms with Gasteiger partial charge < -0.3 is 55.4 Å². The molecule has 530 valence electrons. The van der Waals surface area contributed by atoms with Crippen molar-refractivity contribution in [3.63, 3.8) is 0 Å². The lowest BCUT2D eigenvalue weighted by Gasteiger charge is -2.40. The van der Waals surface area contributed by atoms with Crippen molar-refractivity contribution < 1.29 is 108 Å². The lowest BCUT2D eigenvalue weighted by Crippen LogP contribution is -2.52. The van der Waals surface area contributed by atoms with Gasteiger partial charge in [-0.15, -0.1) is 34.0 Å². The normalized spacial score (nSPS) is 15.3. The molecule has 3 aromatic heterocycles. The molecule has 26 heteroatoms. The Morgan fingerprint density at radius 1 is 0.475 bits per heavy atom. The summed E-state index contributed by atoms with van der Waals surface area (Å²) in [5.41, 5.74) is -3.93. The average Bonchev–Trinajstić information content (AvgIpc) is 0.994. The topological polar surface area (TPSA) is 201 Å². The molecule has 6 aromatic carbocycles. The van der Waals surface area contributed by atoms with Crippen molar-refractivity contribution in [2.45, 2.75) is 153 Å². The largest absolute Gasteiger partial charge is 0.488 e. The molecule has 11 nitrogen and oxygen atoms in total. The maximum absolute atomic E-state index is 15.7. The van der Waals surface area contributed by atoms with Crippen LogP contribution in [0.4, 0.5) is 52.7 Å². The molecule has 0 aliphatic carbocycles. The molecule has 9 N–H and O–H groups in total. The zero-order valence-electron chi connectivity index (χ0n) is 53.7. The molecule has 0 radical (unpaired) electrons. The SMILES string of the molecule is CCC(CCO)c1ccc(-c2cc(COc3ccc(CO)c(C(O)(C(O)c4cc(CCc5cc(-c6cccc(C)c6C(O)(F)C(F)(F)C(F)(F)F)cs5)ccc4CO)C(O)c4cc(OCc5cc(-c6cccc(C)c6C(O)(F)C(F)(F)C(F)(F)F)cs5)ccc4CO)c3)sc2C)c(C)c1. The van der Waals surface area contributed by atoms with Crippen LogP contribution in [0.15, 0.2) is 138 Å². The van der Waals surface area contributed by atoms with Gasteiger partial charge in [-0.1, -0.05) is 91.9 Å². The Hall–Kier alpha value is -7.18. The minimum absolute atomic E-state index is 0.00249. The fraction of sp³-hybridized carbons (Fsp3) is 0.342. The summed E-state index contributed by atoms with van der Waals surface area (Å²) in [6, 6.07) is 30.1. The summed E-state index contributed by atoms with van der Waals surface area (Å²) in [6.45, 7) is 5.33. The van der Waals surface area contributed by atoms with Gasteiger partial charge in [0.2, 0.25) is 0 Å². The molecule has 3 heterocycles. The summed E-state index contributed by atoms with van der Waals surface area (Å²) in [5, 5.41) is 106. The number of halogens is 12. The minimum Gasteiger partial charge on any atom is -0.488 e. The van der Waals surface area contributed by atoms with Crippen molar-refractivity contribution in [1.82, 2.24) is 0 Å². The number of rotatable bonds is 28. The maximum Gasteiger partial charge on any atom is 0.459 e. The fourth-order valence-electron chi connectivity index (χ4n) is 12.4. The third kappa shape index (κ3) is 15.0. The van der Waals surface area contributed by atoms with Gasteiger partial charge in [0.1, 0.15) is 42.5 Å². The highest BCUT2D eigenvalue weighted by molar-refractivity contribution is 7.12. The first kappa shape index (κ1) is 76.0. The molecule has 6 atom stereocenters. The van der Waals surface area contributed by atoms with Crippen molar-refractivity contribution in [3.8, 4) is 44.9 Å². The standard InChI is InChI=1S/C73H70F12O11S3/c1-6-44(23-24-86)45-18-22-56(41(4)25-45)59-31-55(99-42(59)5)36-96-52-20-17-48(34-89)62(30-52)67(92,65(90)60-26-43(13-15-46(60)32-87)14-21-53-27-49(37-97-53)57-11-7-9-39(2)63(57)68(74,93)70(76,77)72(80,81)82)66(91)61-29-51(19-16-47(61)33-88)95-35-54-28-50(38-98-54)58-12-8-10-40(3)64(58)69(75,94)71(78,79)73(83,84)85/h7-13,15-20,22,25-31,37-38,44,65-66,86-94H,6,14,21,23-24,32-36H2,1-5H3. The molecular formula is C73H70F12O11S3. The monoisotopic (exact) mass is 1450 g/mol. The van der Waals surface area contributed by atoms with E-state index in [2.05, 4.69) is 13.0 Å². The van der Waals surface area contributed by atoms with Gasteiger partial charge in [-0.2, -0.15) is 52.7 Å². The lowest BCUT2D eigenvalue weighted by molar-refractivity contribution is -0.379. The molecule has 0 spiro atoms. The van der Waals surface area contributed by atoms with E-state index in [1.165, 1.54) is 94.9 Å². The lowest BCUT2D eigenvalue weighted by atomic mass is 9.74. The van der Waals surface area contributed by atoms with Gasteiger partial charge in [-0.3, -0.25) is 0 Å². The van der Waals surface area contributed by atoms with E-state index in [1.54, 1.807) is 6.07 Å². The quantitative estimate of drug-likeness (QED) is 0.0211. The van der Waals surface area contributed by atoms with Crippen LogP contribution in [0.2, 0.25) is 0 Å². The number of thiophene rings is 3. The van der Waals surface area contributed by atoms with E-state index in [-0.39, 0.29) is 92.9 Å². The predicted octanol–water partition coefficient (Wildman–Crippen LogP) is 16.7. The maximum atomic E-state index is 15.7. The minimum atomic E-state index is -6.49. The van der Waals surface area contributed by atoms with Crippen molar-refractivity contribution in [2.24, 2.45) is 0 Å². The smallest absolute Gasteiger partial charge is 0.459 e. The second-order valence-electron chi connectivity index (χ2n) is 24.3. The molecule has 0 saturated carbocycles. The third-order valence-electron chi connectivity index (χ3n) is 17.8. The van der Waals surface area contributed by atoms with Crippen LogP contribution in [0.5, 0.6) is 11.5 Å². The summed E-state index contributed by atoms with van der Waals surface area (Å²) in [5.74, 6) is -22.7. The van der Waals surface area contributed by atoms with Gasteiger partial charge in [0.05, 0.1) is 19.8 Å². The van der Waals surface area contributed by atoms with Crippen LogP contribution in [-0.4, -0.2) is 76.8 Å². The van der Waals surface area contributed by atoms with E-state index in [9.17, 15) is 89.9 Å². The Labute approximate surface area is 573 Å². The van der Waals surface area contributed by atoms with Gasteiger partial charge in [0, 0.05) is 37.2 Å². The molecule has 0 saturated heterocycles. The summed E-state index contributed by atoms with van der Waals surface area (Å²) >= 11 is 3.39. The van der Waals surface area contributed by atoms with Crippen molar-refractivity contribution in [1.29, 1.82) is 0 Å². The zero-order valence-corrected chi connectivity index (χ0v) is 56.1. The first-order chi connectivity index (χ1) is 46.5. The molecule has 0 aliphatic heterocycles. The molecule has 9 rings (SSSR count). The van der Waals surface area contributed by atoms with E-state index < -0.39 is 114 Å². The predicted molar refractivity (Wildman–Crippen MR) is 352 cm³/mol. The van der Waals surface area contributed by atoms with E-state index in [0.29, 0.717) is 16.9 Å². The number of hydrogen-bond donors (Lipinski definition) is 9. The highest BCUT2D eigenvalue weighted by Crippen LogP contribution is 2.55. The third-order valence-corrected chi connectivity index (χ3v) is 20.8. The summed E-state index contributed by atoms with van der Waals surface area (Å²) in [6.07, 6.45) is -16.0. The first-order valence-electron chi connectivity index (χ1n) is 30.9. The van der Waals surface area contributed by atoms with Crippen molar-refractivity contribution in [2.75, 3.05) is 6.61 Å². The van der Waals surface area contributed by atoms with E-state index >= 15 is 8.78 Å². The second-order valence-corrected chi connectivity index (χ2v) is 27.6. The van der Waals surface area contributed by atoms with Crippen LogP contribution in [0.1, 0.15) is 130 Å². The first-order valence-corrected chi connectivity index (χ1v) is 33.5. The zero-order chi connectivity index (χ0) is 72.5. The van der Waals surface area contributed by atoms with Gasteiger partial charge >= 0.3 is 35.9 Å². The van der Waals surface area contributed by atoms with E-state index in [1.807, 2.05) is 32.0 Å². The number of aliphatic hydroxyl groups is 9. The van der Waals surface area contributed by atoms with Crippen LogP contribution >= 0.6 is 34.0 Å². The van der Waals surface area contributed by atoms with Gasteiger partial charge in [0.25, 0.3) is 0 Å². The van der Waals surface area contributed by atoms with Crippen LogP contribution in [0, 0.1) is 27.7 Å². The summed E-state index contributed by atoms with van der Waals surface area (Å²) < 4.78 is 184. The number of aliphatic hydroxyl groups excluding tert-OH is 6. The molecule has 6 unspecified atom stereocenters. The number of hydrogen-bond acceptors (Lipinski definition) is 14. The highest BCUT2D eigenvalue weighted by Gasteiger charge is 2.74. The van der Waals surface area contributed by atoms with Crippen LogP contribution in [-0.2, 0) is 63.2 Å². The van der Waals surface area contributed by atoms with E-state index in [4.69, 9.17) is 9.47 Å². The Balaban J connectivity index is 1.07. The number of aryl methyl sites for hydroxylation is 6. The Bertz CT molecular complexity index is 4140. The molecule has 99 heavy (non-hydrogen) atoms. The average molecular weight is 1450 g/mol. The number of benzene rings is 6. The van der Waals surface area contributed by atoms with Crippen molar-refractivity contribution >= 4 is 34.0 Å². The molecule has 9 aromatic rings. The Morgan fingerprint density at radius 3 is 1.48 bits per heavy atom. The molecule has 0 amide bonds. The Kier molecular flexibility index (Phi) is 22.9. The van der Waals surface area contributed by atoms with Crippen LogP contribution in [0.3, 0.4) is 0 Å². The summed E-state index contributed by atoms with van der Waals surface area (Å²) in [4.78, 5) is 2.48. The summed E-state index contributed by atoms with van der Waals surface area (Å²) in [7, 11) is 0. The van der Waals surface area contributed by atoms with Crippen molar-refractivity contribution in [3.05, 3.63) is 230 Å². The van der Waals surface area contributed by atoms with Gasteiger partial charge in [-0.05, 0) is 207 Å². The number of alkyl halides is 12. The Morgan fingerprint density at radius 2 is 0.970 bits per heavy atom. The molecule has 0 fully saturated rings. The highest BCUT2D eigenvalue weighted by atomic mass is 32.1. The second kappa shape index (κ2) is 29.8. The van der Waals surface area contributed by atoms with E-state index in [0.717, 1.165) is 99.2 Å². The van der Waals surface area contributed by atoms with Crippen LogP contribution < -0.4 is 9.47 Å². The molecule has 0 aliphatic rings.